The summed E-state index contributed by atoms with van der Waals surface area (Å²) in [6.45, 7) is -0.291. The van der Waals surface area contributed by atoms with E-state index in [9.17, 15) is 9.59 Å². The number of rotatable bonds is 5. The summed E-state index contributed by atoms with van der Waals surface area (Å²) in [6.07, 6.45) is 1.28. The minimum Gasteiger partial charge on any atom is -0.480 e. The SMILES string of the molecule is Nc1nc(C(=O)OCc2ccccc2)nc2c1ncn2CC(=O)O. The molecular formula is C15H13N5O4. The van der Waals surface area contributed by atoms with Crippen molar-refractivity contribution < 1.29 is 19.4 Å². The van der Waals surface area contributed by atoms with E-state index in [1.165, 1.54) is 10.9 Å². The molecule has 0 aliphatic carbocycles. The van der Waals surface area contributed by atoms with Gasteiger partial charge in [-0.2, -0.15) is 0 Å². The van der Waals surface area contributed by atoms with Crippen molar-refractivity contribution in [2.75, 3.05) is 5.73 Å². The van der Waals surface area contributed by atoms with Crippen LogP contribution in [0.5, 0.6) is 0 Å². The minimum atomic E-state index is -1.07. The second-order valence-electron chi connectivity index (χ2n) is 4.93. The van der Waals surface area contributed by atoms with E-state index in [2.05, 4.69) is 15.0 Å². The van der Waals surface area contributed by atoms with Gasteiger partial charge in [0.05, 0.1) is 6.33 Å². The van der Waals surface area contributed by atoms with Gasteiger partial charge in [-0.1, -0.05) is 30.3 Å². The molecule has 1 aromatic carbocycles. The Labute approximate surface area is 135 Å². The van der Waals surface area contributed by atoms with Crippen LogP contribution in [0.1, 0.15) is 16.2 Å². The van der Waals surface area contributed by atoms with Crippen molar-refractivity contribution in [3.8, 4) is 0 Å². The maximum absolute atomic E-state index is 12.1. The number of imidazole rings is 1. The van der Waals surface area contributed by atoms with E-state index in [1.807, 2.05) is 30.3 Å². The second kappa shape index (κ2) is 6.32. The number of nitrogens with two attached hydrogens (primary N) is 1. The summed E-state index contributed by atoms with van der Waals surface area (Å²) < 4.78 is 6.42. The first-order valence-electron chi connectivity index (χ1n) is 6.96. The van der Waals surface area contributed by atoms with Crippen LogP contribution in [-0.4, -0.2) is 36.6 Å². The van der Waals surface area contributed by atoms with Crippen LogP contribution < -0.4 is 5.73 Å². The normalized spacial score (nSPS) is 10.7. The van der Waals surface area contributed by atoms with Gasteiger partial charge in [-0.05, 0) is 5.56 Å². The van der Waals surface area contributed by atoms with E-state index in [-0.39, 0.29) is 36.0 Å². The van der Waals surface area contributed by atoms with Crippen molar-refractivity contribution in [2.45, 2.75) is 13.2 Å². The molecule has 3 aromatic rings. The van der Waals surface area contributed by atoms with Gasteiger partial charge in [-0.25, -0.2) is 19.7 Å². The van der Waals surface area contributed by atoms with E-state index >= 15 is 0 Å². The maximum Gasteiger partial charge on any atom is 0.376 e. The zero-order valence-corrected chi connectivity index (χ0v) is 12.4. The lowest BCUT2D eigenvalue weighted by molar-refractivity contribution is -0.137. The Morgan fingerprint density at radius 1 is 1.21 bits per heavy atom. The smallest absolute Gasteiger partial charge is 0.376 e. The molecule has 0 saturated carbocycles. The quantitative estimate of drug-likeness (QED) is 0.659. The van der Waals surface area contributed by atoms with Gasteiger partial charge in [0.1, 0.15) is 18.7 Å². The number of hydrogen-bond acceptors (Lipinski definition) is 7. The predicted molar refractivity (Wildman–Crippen MR) is 82.9 cm³/mol. The molecule has 2 heterocycles. The van der Waals surface area contributed by atoms with E-state index in [0.717, 1.165) is 5.56 Å². The fourth-order valence-electron chi connectivity index (χ4n) is 2.11. The Morgan fingerprint density at radius 3 is 2.67 bits per heavy atom. The Bertz CT molecular complexity index is 907. The topological polar surface area (TPSA) is 133 Å². The van der Waals surface area contributed by atoms with Crippen molar-refractivity contribution in [3.63, 3.8) is 0 Å². The summed E-state index contributed by atoms with van der Waals surface area (Å²) >= 11 is 0. The zero-order valence-electron chi connectivity index (χ0n) is 12.4. The molecule has 3 rings (SSSR count). The van der Waals surface area contributed by atoms with Gasteiger partial charge in [0.25, 0.3) is 0 Å². The first kappa shape index (κ1) is 15.4. The third-order valence-electron chi connectivity index (χ3n) is 3.19. The van der Waals surface area contributed by atoms with Crippen LogP contribution in [0.25, 0.3) is 11.2 Å². The minimum absolute atomic E-state index is 0.0178. The molecule has 0 aliphatic rings. The molecule has 0 fully saturated rings. The van der Waals surface area contributed by atoms with E-state index in [4.69, 9.17) is 15.6 Å². The lowest BCUT2D eigenvalue weighted by atomic mass is 10.2. The van der Waals surface area contributed by atoms with Crippen LogP contribution in [0.15, 0.2) is 36.7 Å². The summed E-state index contributed by atoms with van der Waals surface area (Å²) in [4.78, 5) is 34.8. The average Bonchev–Trinajstić information content (AvgIpc) is 2.96. The molecule has 0 bridgehead atoms. The molecule has 0 amide bonds. The van der Waals surface area contributed by atoms with Crippen LogP contribution in [0.4, 0.5) is 5.82 Å². The van der Waals surface area contributed by atoms with Crippen LogP contribution >= 0.6 is 0 Å². The van der Waals surface area contributed by atoms with Gasteiger partial charge in [0.2, 0.25) is 5.82 Å². The number of carboxylic acids is 1. The predicted octanol–water partition coefficient (Wildman–Crippen LogP) is 0.850. The second-order valence-corrected chi connectivity index (χ2v) is 4.93. The van der Waals surface area contributed by atoms with Crippen LogP contribution in [0.2, 0.25) is 0 Å². The summed E-state index contributed by atoms with van der Waals surface area (Å²) in [5.74, 6) is -2.09. The number of hydrogen-bond donors (Lipinski definition) is 2. The number of aromatic nitrogens is 4. The number of nitrogens with zero attached hydrogens (tertiary/aromatic N) is 4. The summed E-state index contributed by atoms with van der Waals surface area (Å²) in [5.41, 5.74) is 6.98. The van der Waals surface area contributed by atoms with Gasteiger partial charge >= 0.3 is 11.9 Å². The molecule has 24 heavy (non-hydrogen) atoms. The highest BCUT2D eigenvalue weighted by Gasteiger charge is 2.18. The number of fused-ring (bicyclic) bond motifs is 1. The highest BCUT2D eigenvalue weighted by molar-refractivity contribution is 5.91. The fraction of sp³-hybridized carbons (Fsp3) is 0.133. The van der Waals surface area contributed by atoms with Crippen molar-refractivity contribution in [1.29, 1.82) is 0 Å². The number of carbonyl (C=O) groups excluding carboxylic acids is 1. The number of benzene rings is 1. The summed E-state index contributed by atoms with van der Waals surface area (Å²) in [5, 5.41) is 8.89. The van der Waals surface area contributed by atoms with E-state index < -0.39 is 11.9 Å². The molecule has 9 nitrogen and oxygen atoms in total. The number of anilines is 1. The Hall–Kier alpha value is -3.49. The Morgan fingerprint density at radius 2 is 1.96 bits per heavy atom. The Balaban J connectivity index is 1.85. The largest absolute Gasteiger partial charge is 0.480 e. The standard InChI is InChI=1S/C15H13N5O4/c16-12-11-14(20(8-17-11)6-10(21)22)19-13(18-12)15(23)24-7-9-4-2-1-3-5-9/h1-5,8H,6-7H2,(H,21,22)(H2,16,18,19). The van der Waals surface area contributed by atoms with Gasteiger partial charge in [-0.3, -0.25) is 4.79 Å². The van der Waals surface area contributed by atoms with Crippen molar-refractivity contribution >= 4 is 28.9 Å². The first-order chi connectivity index (χ1) is 11.5. The molecule has 0 atom stereocenters. The van der Waals surface area contributed by atoms with Crippen LogP contribution in [0, 0.1) is 0 Å². The summed E-state index contributed by atoms with van der Waals surface area (Å²) in [6, 6.07) is 9.14. The van der Waals surface area contributed by atoms with Gasteiger partial charge in [-0.15, -0.1) is 0 Å². The van der Waals surface area contributed by atoms with Gasteiger partial charge < -0.3 is 20.1 Å². The number of carbonyl (C=O) groups is 2. The van der Waals surface area contributed by atoms with Crippen LogP contribution in [-0.2, 0) is 22.7 Å². The van der Waals surface area contributed by atoms with Crippen LogP contribution in [0.3, 0.4) is 0 Å². The molecule has 9 heteroatoms. The van der Waals surface area contributed by atoms with Gasteiger partial charge in [0.15, 0.2) is 11.5 Å². The maximum atomic E-state index is 12.1. The monoisotopic (exact) mass is 327 g/mol. The average molecular weight is 327 g/mol. The summed E-state index contributed by atoms with van der Waals surface area (Å²) in [7, 11) is 0. The number of nitrogen functional groups attached to an aromatic ring is 1. The van der Waals surface area contributed by atoms with Crippen molar-refractivity contribution in [1.82, 2.24) is 19.5 Å². The molecule has 0 saturated heterocycles. The zero-order chi connectivity index (χ0) is 17.1. The lowest BCUT2D eigenvalue weighted by Crippen LogP contribution is -2.14. The fourth-order valence-corrected chi connectivity index (χ4v) is 2.11. The van der Waals surface area contributed by atoms with E-state index in [1.54, 1.807) is 0 Å². The third-order valence-corrected chi connectivity index (χ3v) is 3.19. The molecule has 0 radical (unpaired) electrons. The number of esters is 1. The number of carboxylic acid groups (broad SMARTS) is 1. The number of aliphatic carboxylic acids is 1. The molecule has 122 valence electrons. The highest BCUT2D eigenvalue weighted by Crippen LogP contribution is 2.16. The van der Waals surface area contributed by atoms with Gasteiger partial charge in [0, 0.05) is 0 Å². The Kier molecular flexibility index (Phi) is 4.06. The van der Waals surface area contributed by atoms with Crippen molar-refractivity contribution in [2.24, 2.45) is 0 Å². The highest BCUT2D eigenvalue weighted by atomic mass is 16.5. The first-order valence-corrected chi connectivity index (χ1v) is 6.96. The molecular weight excluding hydrogens is 314 g/mol. The molecule has 3 N–H and O–H groups in total. The molecule has 2 aromatic heterocycles. The molecule has 0 spiro atoms. The number of ether oxygens (including phenoxy) is 1. The molecule has 0 aliphatic heterocycles. The molecule has 0 unspecified atom stereocenters. The van der Waals surface area contributed by atoms with Crippen molar-refractivity contribution in [3.05, 3.63) is 48.0 Å². The third kappa shape index (κ3) is 3.14. The van der Waals surface area contributed by atoms with E-state index in [0.29, 0.717) is 0 Å². The lowest BCUT2D eigenvalue weighted by Gasteiger charge is -2.05.